The van der Waals surface area contributed by atoms with Gasteiger partial charge in [-0.3, -0.25) is 0 Å². The smallest absolute Gasteiger partial charge is 0.182 e. The highest BCUT2D eigenvalue weighted by molar-refractivity contribution is 7.18. The van der Waals surface area contributed by atoms with E-state index >= 15 is 0 Å². The van der Waals surface area contributed by atoms with Crippen molar-refractivity contribution in [2.24, 2.45) is 0 Å². The van der Waals surface area contributed by atoms with E-state index < -0.39 is 0 Å². The van der Waals surface area contributed by atoms with Crippen LogP contribution in [0.4, 0.5) is 5.13 Å². The fourth-order valence-electron chi connectivity index (χ4n) is 1.87. The third kappa shape index (κ3) is 1.89. The number of benzene rings is 2. The molecule has 1 heterocycles. The van der Waals surface area contributed by atoms with E-state index in [1.54, 1.807) is 11.3 Å². The largest absolute Gasteiger partial charge is 0.365 e. The maximum Gasteiger partial charge on any atom is 0.182 e. The summed E-state index contributed by atoms with van der Waals surface area (Å²) in [7, 11) is 1.89. The number of aromatic nitrogens is 1. The minimum Gasteiger partial charge on any atom is -0.365 e. The maximum atomic E-state index is 4.30. The number of hydrogen-bond donors (Lipinski definition) is 1. The summed E-state index contributed by atoms with van der Waals surface area (Å²) in [6.07, 6.45) is 1.92. The Morgan fingerprint density at radius 3 is 2.65 bits per heavy atom. The monoisotopic (exact) mass is 240 g/mol. The molecule has 1 aromatic heterocycles. The minimum atomic E-state index is 0.952. The van der Waals surface area contributed by atoms with Crippen LogP contribution in [-0.2, 0) is 0 Å². The Morgan fingerprint density at radius 2 is 1.88 bits per heavy atom. The maximum absolute atomic E-state index is 4.30. The second-order valence-corrected chi connectivity index (χ2v) is 4.87. The summed E-state index contributed by atoms with van der Waals surface area (Å²) in [5, 5.41) is 6.55. The lowest BCUT2D eigenvalue weighted by molar-refractivity contribution is 1.37. The van der Waals surface area contributed by atoms with Crippen molar-refractivity contribution in [3.8, 4) is 10.4 Å². The molecule has 3 heteroatoms. The van der Waals surface area contributed by atoms with Gasteiger partial charge in [0.25, 0.3) is 0 Å². The summed E-state index contributed by atoms with van der Waals surface area (Å²) >= 11 is 1.67. The zero-order chi connectivity index (χ0) is 11.7. The predicted molar refractivity (Wildman–Crippen MR) is 74.6 cm³/mol. The Hall–Kier alpha value is -1.87. The quantitative estimate of drug-likeness (QED) is 0.732. The standard InChI is InChI=1S/C14H12N2S/c1-15-14-16-9-13(17-14)12-7-6-10-4-2-3-5-11(10)8-12/h2-9H,1H3,(H,15,16). The van der Waals surface area contributed by atoms with Gasteiger partial charge in [0.05, 0.1) is 4.88 Å². The molecule has 0 saturated carbocycles. The van der Waals surface area contributed by atoms with Crippen molar-refractivity contribution in [2.75, 3.05) is 12.4 Å². The molecule has 3 aromatic rings. The molecule has 0 saturated heterocycles. The lowest BCUT2D eigenvalue weighted by Crippen LogP contribution is -1.83. The molecular formula is C14H12N2S. The first-order valence-corrected chi connectivity index (χ1v) is 6.31. The van der Waals surface area contributed by atoms with Gasteiger partial charge in [0.15, 0.2) is 5.13 Å². The van der Waals surface area contributed by atoms with Gasteiger partial charge in [-0.15, -0.1) is 0 Å². The number of fused-ring (bicyclic) bond motifs is 1. The van der Waals surface area contributed by atoms with Gasteiger partial charge in [-0.05, 0) is 22.4 Å². The van der Waals surface area contributed by atoms with Crippen LogP contribution in [0, 0.1) is 0 Å². The third-order valence-corrected chi connectivity index (χ3v) is 3.82. The highest BCUT2D eigenvalue weighted by atomic mass is 32.1. The van der Waals surface area contributed by atoms with E-state index in [1.165, 1.54) is 21.2 Å². The molecule has 2 nitrogen and oxygen atoms in total. The average molecular weight is 240 g/mol. The zero-order valence-electron chi connectivity index (χ0n) is 9.47. The summed E-state index contributed by atoms with van der Waals surface area (Å²) in [5.74, 6) is 0. The SMILES string of the molecule is CNc1ncc(-c2ccc3ccccc3c2)s1. The van der Waals surface area contributed by atoms with Crippen LogP contribution in [0.3, 0.4) is 0 Å². The average Bonchev–Trinajstić information content (AvgIpc) is 2.87. The summed E-state index contributed by atoms with van der Waals surface area (Å²) in [5.41, 5.74) is 1.22. The van der Waals surface area contributed by atoms with Crippen LogP contribution in [-0.4, -0.2) is 12.0 Å². The second-order valence-electron chi connectivity index (χ2n) is 3.84. The number of rotatable bonds is 2. The van der Waals surface area contributed by atoms with Gasteiger partial charge in [-0.25, -0.2) is 4.98 Å². The van der Waals surface area contributed by atoms with Crippen molar-refractivity contribution >= 4 is 27.2 Å². The first-order chi connectivity index (χ1) is 8.36. The lowest BCUT2D eigenvalue weighted by Gasteiger charge is -2.00. The topological polar surface area (TPSA) is 24.9 Å². The fraction of sp³-hybridized carbons (Fsp3) is 0.0714. The number of nitrogens with one attached hydrogen (secondary N) is 1. The van der Waals surface area contributed by atoms with Gasteiger partial charge in [0.2, 0.25) is 0 Å². The van der Waals surface area contributed by atoms with E-state index in [0.29, 0.717) is 0 Å². The molecule has 0 radical (unpaired) electrons. The fourth-order valence-corrected chi connectivity index (χ4v) is 2.63. The number of nitrogens with zero attached hydrogens (tertiary/aromatic N) is 1. The molecule has 0 amide bonds. The highest BCUT2D eigenvalue weighted by Crippen LogP contribution is 2.30. The van der Waals surface area contributed by atoms with Crippen molar-refractivity contribution in [2.45, 2.75) is 0 Å². The molecule has 0 aliphatic heterocycles. The van der Waals surface area contributed by atoms with Crippen LogP contribution in [0.25, 0.3) is 21.2 Å². The third-order valence-electron chi connectivity index (χ3n) is 2.75. The molecule has 1 N–H and O–H groups in total. The molecule has 84 valence electrons. The van der Waals surface area contributed by atoms with E-state index in [0.717, 1.165) is 5.13 Å². The Labute approximate surface area is 104 Å². The Bertz CT molecular complexity index is 658. The molecule has 0 atom stereocenters. The number of thiazole rings is 1. The first-order valence-electron chi connectivity index (χ1n) is 5.49. The summed E-state index contributed by atoms with van der Waals surface area (Å²) in [6.45, 7) is 0. The number of hydrogen-bond acceptors (Lipinski definition) is 3. The molecule has 0 unspecified atom stereocenters. The molecule has 0 aliphatic carbocycles. The van der Waals surface area contributed by atoms with Crippen LogP contribution in [0.5, 0.6) is 0 Å². The molecule has 0 aliphatic rings. The Balaban J connectivity index is 2.11. The van der Waals surface area contributed by atoms with Crippen molar-refractivity contribution in [3.63, 3.8) is 0 Å². The molecule has 0 fully saturated rings. The molecule has 3 rings (SSSR count). The number of anilines is 1. The van der Waals surface area contributed by atoms with Gasteiger partial charge in [-0.2, -0.15) is 0 Å². The second kappa shape index (κ2) is 4.18. The molecule has 17 heavy (non-hydrogen) atoms. The summed E-state index contributed by atoms with van der Waals surface area (Å²) in [4.78, 5) is 5.49. The summed E-state index contributed by atoms with van der Waals surface area (Å²) in [6, 6.07) is 14.9. The van der Waals surface area contributed by atoms with Crippen LogP contribution in [0.15, 0.2) is 48.7 Å². The Kier molecular flexibility index (Phi) is 2.53. The van der Waals surface area contributed by atoms with Crippen molar-refractivity contribution in [1.82, 2.24) is 4.98 Å². The van der Waals surface area contributed by atoms with Crippen molar-refractivity contribution < 1.29 is 0 Å². The normalized spacial score (nSPS) is 10.6. The van der Waals surface area contributed by atoms with Gasteiger partial charge in [0, 0.05) is 13.2 Å². The minimum absolute atomic E-state index is 0.952. The van der Waals surface area contributed by atoms with E-state index in [4.69, 9.17) is 0 Å². The van der Waals surface area contributed by atoms with Gasteiger partial charge >= 0.3 is 0 Å². The van der Waals surface area contributed by atoms with Gasteiger partial charge < -0.3 is 5.32 Å². The molecule has 0 spiro atoms. The molecular weight excluding hydrogens is 228 g/mol. The summed E-state index contributed by atoms with van der Waals surface area (Å²) < 4.78 is 0. The zero-order valence-corrected chi connectivity index (χ0v) is 10.3. The van der Waals surface area contributed by atoms with E-state index in [1.807, 2.05) is 13.2 Å². The Morgan fingerprint density at radius 1 is 1.06 bits per heavy atom. The first kappa shape index (κ1) is 10.3. The van der Waals surface area contributed by atoms with E-state index in [9.17, 15) is 0 Å². The van der Waals surface area contributed by atoms with Gasteiger partial charge in [0.1, 0.15) is 0 Å². The van der Waals surface area contributed by atoms with E-state index in [-0.39, 0.29) is 0 Å². The lowest BCUT2D eigenvalue weighted by atomic mass is 10.1. The van der Waals surface area contributed by atoms with Crippen LogP contribution >= 0.6 is 11.3 Å². The van der Waals surface area contributed by atoms with Crippen molar-refractivity contribution in [3.05, 3.63) is 48.7 Å². The molecule has 0 bridgehead atoms. The van der Waals surface area contributed by atoms with Crippen LogP contribution in [0.2, 0.25) is 0 Å². The van der Waals surface area contributed by atoms with Crippen LogP contribution in [0.1, 0.15) is 0 Å². The van der Waals surface area contributed by atoms with Gasteiger partial charge in [-0.1, -0.05) is 47.7 Å². The van der Waals surface area contributed by atoms with E-state index in [2.05, 4.69) is 52.8 Å². The molecule has 2 aromatic carbocycles. The predicted octanol–water partition coefficient (Wildman–Crippen LogP) is 4.01. The van der Waals surface area contributed by atoms with Crippen LogP contribution < -0.4 is 5.32 Å². The highest BCUT2D eigenvalue weighted by Gasteiger charge is 2.03. The van der Waals surface area contributed by atoms with Crippen molar-refractivity contribution in [1.29, 1.82) is 0 Å².